The van der Waals surface area contributed by atoms with Crippen molar-refractivity contribution in [1.29, 1.82) is 0 Å². The molecule has 0 saturated carbocycles. The molecule has 0 unspecified atom stereocenters. The van der Waals surface area contributed by atoms with Gasteiger partial charge in [0.1, 0.15) is 12.4 Å². The number of hydrogen-bond donors (Lipinski definition) is 1. The number of halogens is 5. The highest BCUT2D eigenvalue weighted by molar-refractivity contribution is 6.31. The number of ether oxygens (including phenoxy) is 1. The number of anilines is 1. The van der Waals surface area contributed by atoms with Gasteiger partial charge in [-0.15, -0.1) is 0 Å². The van der Waals surface area contributed by atoms with Crippen LogP contribution < -0.4 is 10.1 Å². The number of carbonyl (C=O) groups is 1. The summed E-state index contributed by atoms with van der Waals surface area (Å²) in [7, 11) is 0. The molecule has 1 heterocycles. The minimum absolute atomic E-state index is 0.0106. The highest BCUT2D eigenvalue weighted by atomic mass is 35.5. The molecule has 0 radical (unpaired) electrons. The zero-order chi connectivity index (χ0) is 20.4. The smallest absolute Gasteiger partial charge is 0.291 e. The summed E-state index contributed by atoms with van der Waals surface area (Å²) in [5.74, 6) is -8.42. The van der Waals surface area contributed by atoms with Gasteiger partial charge in [-0.05, 0) is 36.8 Å². The van der Waals surface area contributed by atoms with Gasteiger partial charge in [-0.3, -0.25) is 4.79 Å². The molecule has 0 spiro atoms. The number of nitrogens with one attached hydrogen (secondary N) is 1. The van der Waals surface area contributed by atoms with Gasteiger partial charge < -0.3 is 14.5 Å². The van der Waals surface area contributed by atoms with Crippen LogP contribution in [-0.4, -0.2) is 5.91 Å². The van der Waals surface area contributed by atoms with Crippen molar-refractivity contribution in [2.45, 2.75) is 13.5 Å². The van der Waals surface area contributed by atoms with Crippen LogP contribution in [0.1, 0.15) is 21.9 Å². The van der Waals surface area contributed by atoms with Crippen LogP contribution in [0, 0.1) is 30.2 Å². The van der Waals surface area contributed by atoms with E-state index in [1.807, 2.05) is 0 Å². The first kappa shape index (κ1) is 19.8. The standard InChI is InChI=1S/C19H12ClF4NO3/c1-9-11(20)3-2-4-14(9)25-19(26)15-6-5-10(28-15)8-27-18-16(23)12(21)7-13(22)17(18)24/h2-7H,8H2,1H3,(H,25,26). The van der Waals surface area contributed by atoms with E-state index in [0.717, 1.165) is 0 Å². The SMILES string of the molecule is Cc1c(Cl)cccc1NC(=O)c1ccc(COc2c(F)c(F)cc(F)c2F)o1. The molecule has 1 N–H and O–H groups in total. The van der Waals surface area contributed by atoms with Crippen LogP contribution >= 0.6 is 11.6 Å². The maximum Gasteiger partial charge on any atom is 0.291 e. The van der Waals surface area contributed by atoms with Crippen molar-refractivity contribution >= 4 is 23.2 Å². The van der Waals surface area contributed by atoms with Crippen molar-refractivity contribution in [3.8, 4) is 5.75 Å². The Bertz CT molecular complexity index is 1030. The number of rotatable bonds is 5. The molecule has 9 heteroatoms. The van der Waals surface area contributed by atoms with Crippen molar-refractivity contribution in [3.05, 3.63) is 81.8 Å². The summed E-state index contributed by atoms with van der Waals surface area (Å²) < 4.78 is 63.5. The molecular formula is C19H12ClF4NO3. The van der Waals surface area contributed by atoms with Gasteiger partial charge in [0, 0.05) is 16.8 Å². The second-order valence-corrected chi connectivity index (χ2v) is 6.13. The quantitative estimate of drug-likeness (QED) is 0.435. The molecule has 1 aromatic heterocycles. The maximum absolute atomic E-state index is 13.6. The van der Waals surface area contributed by atoms with Gasteiger partial charge in [0.15, 0.2) is 23.1 Å². The number of benzene rings is 2. The Kier molecular flexibility index (Phi) is 5.60. The molecule has 0 bridgehead atoms. The third-order valence-corrected chi connectivity index (χ3v) is 4.24. The molecule has 1 amide bonds. The van der Waals surface area contributed by atoms with Crippen LogP contribution in [0.2, 0.25) is 5.02 Å². The lowest BCUT2D eigenvalue weighted by Crippen LogP contribution is -2.12. The van der Waals surface area contributed by atoms with Gasteiger partial charge >= 0.3 is 0 Å². The first-order valence-corrected chi connectivity index (χ1v) is 8.26. The molecule has 3 rings (SSSR count). The average molecular weight is 414 g/mol. The zero-order valence-electron chi connectivity index (χ0n) is 14.3. The van der Waals surface area contributed by atoms with Crippen LogP contribution in [0.25, 0.3) is 0 Å². The molecule has 0 fully saturated rings. The Labute approximate surface area is 161 Å². The molecule has 4 nitrogen and oxygen atoms in total. The second kappa shape index (κ2) is 7.93. The van der Waals surface area contributed by atoms with Gasteiger partial charge in [-0.2, -0.15) is 8.78 Å². The Balaban J connectivity index is 1.71. The van der Waals surface area contributed by atoms with E-state index in [1.165, 1.54) is 12.1 Å². The molecule has 0 saturated heterocycles. The molecule has 146 valence electrons. The van der Waals surface area contributed by atoms with Crippen LogP contribution in [0.4, 0.5) is 23.2 Å². The second-order valence-electron chi connectivity index (χ2n) is 5.72. The fourth-order valence-electron chi connectivity index (χ4n) is 2.33. The van der Waals surface area contributed by atoms with Crippen molar-refractivity contribution in [2.75, 3.05) is 5.32 Å². The van der Waals surface area contributed by atoms with Crippen LogP contribution in [0.5, 0.6) is 5.75 Å². The van der Waals surface area contributed by atoms with E-state index in [0.29, 0.717) is 16.3 Å². The lowest BCUT2D eigenvalue weighted by Gasteiger charge is -2.09. The first-order valence-electron chi connectivity index (χ1n) is 7.89. The lowest BCUT2D eigenvalue weighted by molar-refractivity contribution is 0.0992. The fraction of sp³-hybridized carbons (Fsp3) is 0.105. The monoisotopic (exact) mass is 413 g/mol. The van der Waals surface area contributed by atoms with Crippen molar-refractivity contribution in [1.82, 2.24) is 0 Å². The Morgan fingerprint density at radius 2 is 1.79 bits per heavy atom. The summed E-state index contributed by atoms with van der Waals surface area (Å²) in [6.45, 7) is 1.17. The van der Waals surface area contributed by atoms with E-state index in [4.69, 9.17) is 20.8 Å². The van der Waals surface area contributed by atoms with Crippen molar-refractivity contribution in [2.24, 2.45) is 0 Å². The highest BCUT2D eigenvalue weighted by Crippen LogP contribution is 2.28. The van der Waals surface area contributed by atoms with Gasteiger partial charge in [0.25, 0.3) is 5.91 Å². The Morgan fingerprint density at radius 3 is 2.46 bits per heavy atom. The van der Waals surface area contributed by atoms with Crippen molar-refractivity contribution in [3.63, 3.8) is 0 Å². The maximum atomic E-state index is 13.6. The number of carbonyl (C=O) groups excluding carboxylic acids is 1. The summed E-state index contributed by atoms with van der Waals surface area (Å²) in [6.07, 6.45) is 0. The fourth-order valence-corrected chi connectivity index (χ4v) is 2.50. The topological polar surface area (TPSA) is 51.5 Å². The largest absolute Gasteiger partial charge is 0.479 e. The highest BCUT2D eigenvalue weighted by Gasteiger charge is 2.21. The molecule has 2 aromatic carbocycles. The number of furan rings is 1. The van der Waals surface area contributed by atoms with E-state index in [1.54, 1.807) is 25.1 Å². The Morgan fingerprint density at radius 1 is 1.11 bits per heavy atom. The van der Waals surface area contributed by atoms with Crippen LogP contribution in [-0.2, 0) is 6.61 Å². The number of hydrogen-bond acceptors (Lipinski definition) is 3. The zero-order valence-corrected chi connectivity index (χ0v) is 15.0. The Hall–Kier alpha value is -3.00. The molecule has 3 aromatic rings. The summed E-state index contributed by atoms with van der Waals surface area (Å²) in [5, 5.41) is 3.08. The summed E-state index contributed by atoms with van der Waals surface area (Å²) in [4.78, 5) is 12.3. The van der Waals surface area contributed by atoms with E-state index >= 15 is 0 Å². The average Bonchev–Trinajstić information content (AvgIpc) is 3.13. The third-order valence-electron chi connectivity index (χ3n) is 3.83. The normalized spacial score (nSPS) is 10.8. The van der Waals surface area contributed by atoms with Crippen LogP contribution in [0.15, 0.2) is 40.8 Å². The van der Waals surface area contributed by atoms with Gasteiger partial charge in [-0.1, -0.05) is 17.7 Å². The third kappa shape index (κ3) is 3.96. The minimum atomic E-state index is -1.67. The predicted octanol–water partition coefficient (Wildman–Crippen LogP) is 5.63. The van der Waals surface area contributed by atoms with Gasteiger partial charge in [0.2, 0.25) is 11.6 Å². The summed E-state index contributed by atoms with van der Waals surface area (Å²) in [5.41, 5.74) is 1.14. The molecular weight excluding hydrogens is 402 g/mol. The summed E-state index contributed by atoms with van der Waals surface area (Å²) in [6, 6.07) is 7.69. The first-order chi connectivity index (χ1) is 13.3. The minimum Gasteiger partial charge on any atom is -0.479 e. The molecule has 0 atom stereocenters. The van der Waals surface area contributed by atoms with Crippen LogP contribution in [0.3, 0.4) is 0 Å². The van der Waals surface area contributed by atoms with E-state index in [9.17, 15) is 22.4 Å². The molecule has 0 aliphatic carbocycles. The van der Waals surface area contributed by atoms with Gasteiger partial charge in [-0.25, -0.2) is 8.78 Å². The van der Waals surface area contributed by atoms with E-state index in [-0.39, 0.29) is 17.6 Å². The van der Waals surface area contributed by atoms with E-state index < -0.39 is 41.5 Å². The number of amides is 1. The predicted molar refractivity (Wildman–Crippen MR) is 93.5 cm³/mol. The van der Waals surface area contributed by atoms with Gasteiger partial charge in [0.05, 0.1) is 0 Å². The lowest BCUT2D eigenvalue weighted by atomic mass is 10.2. The van der Waals surface area contributed by atoms with Crippen molar-refractivity contribution < 1.29 is 31.5 Å². The van der Waals surface area contributed by atoms with E-state index in [2.05, 4.69) is 5.32 Å². The summed E-state index contributed by atoms with van der Waals surface area (Å²) >= 11 is 5.99. The molecule has 28 heavy (non-hydrogen) atoms. The molecule has 0 aliphatic heterocycles. The molecule has 0 aliphatic rings.